The lowest BCUT2D eigenvalue weighted by Gasteiger charge is -2.81. The smallest absolute Gasteiger partial charge is 0.136 e. The number of hydrogen-bond acceptors (Lipinski definition) is 2. The van der Waals surface area contributed by atoms with Crippen molar-refractivity contribution in [1.29, 1.82) is 0 Å². The second-order valence-electron chi connectivity index (χ2n) is 6.03. The lowest BCUT2D eigenvalue weighted by atomic mass is 9.21. The van der Waals surface area contributed by atoms with E-state index < -0.39 is 0 Å². The Morgan fingerprint density at radius 2 is 1.14 bits per heavy atom. The molecule has 2 heteroatoms. The summed E-state index contributed by atoms with van der Waals surface area (Å²) in [7, 11) is 0. The average molecular weight is 188 g/mol. The molecule has 72 valence electrons. The second-order valence-corrected chi connectivity index (χ2v) is 6.03. The van der Waals surface area contributed by atoms with Gasteiger partial charge < -0.3 is 0 Å². The van der Waals surface area contributed by atoms with Gasteiger partial charge in [-0.05, 0) is 35.5 Å². The van der Waals surface area contributed by atoms with Crippen LogP contribution < -0.4 is 0 Å². The van der Waals surface area contributed by atoms with E-state index >= 15 is 0 Å². The maximum absolute atomic E-state index is 11.7. The summed E-state index contributed by atoms with van der Waals surface area (Å²) in [5, 5.41) is 0. The van der Waals surface area contributed by atoms with Crippen molar-refractivity contribution in [3.8, 4) is 0 Å². The Kier molecular flexibility index (Phi) is 0.780. The zero-order chi connectivity index (χ0) is 9.19. The summed E-state index contributed by atoms with van der Waals surface area (Å²) in [5.41, 5.74) is 0. The van der Waals surface area contributed by atoms with E-state index in [9.17, 15) is 9.59 Å². The van der Waals surface area contributed by atoms with Crippen molar-refractivity contribution in [2.75, 3.05) is 0 Å². The van der Waals surface area contributed by atoms with E-state index in [2.05, 4.69) is 0 Å². The minimum Gasteiger partial charge on any atom is -0.299 e. The standard InChI is InChI=1S/C12H12O2/c13-5-1-3-4-2-6(14)10-7(3)11-9(5)8(4)12(10)11/h3-4,7-12H,1-2H2/t3-,4-,7-,8+,9+,10-,11+,12-/m1/s1. The first-order chi connectivity index (χ1) is 6.79. The molecule has 0 unspecified atom stereocenters. The van der Waals surface area contributed by atoms with E-state index in [1.807, 2.05) is 0 Å². The summed E-state index contributed by atoms with van der Waals surface area (Å²) in [5.74, 6) is 5.88. The molecular weight excluding hydrogens is 176 g/mol. The molecule has 14 heavy (non-hydrogen) atoms. The fourth-order valence-corrected chi connectivity index (χ4v) is 6.02. The zero-order valence-electron chi connectivity index (χ0n) is 7.85. The zero-order valence-corrected chi connectivity index (χ0v) is 7.85. The third kappa shape index (κ3) is 0.396. The van der Waals surface area contributed by atoms with Crippen LogP contribution in [0.3, 0.4) is 0 Å². The van der Waals surface area contributed by atoms with Gasteiger partial charge in [-0.3, -0.25) is 9.59 Å². The van der Waals surface area contributed by atoms with Crippen molar-refractivity contribution < 1.29 is 9.59 Å². The minimum absolute atomic E-state index is 0.421. The molecule has 0 aliphatic heterocycles. The fraction of sp³-hybridized carbons (Fsp3) is 0.833. The Morgan fingerprint density at radius 3 is 1.50 bits per heavy atom. The van der Waals surface area contributed by atoms with Crippen LogP contribution in [0, 0.1) is 47.3 Å². The van der Waals surface area contributed by atoms with Gasteiger partial charge in [-0.2, -0.15) is 0 Å². The second kappa shape index (κ2) is 1.62. The fourth-order valence-electron chi connectivity index (χ4n) is 6.02. The summed E-state index contributed by atoms with van der Waals surface area (Å²) < 4.78 is 0. The highest BCUT2D eigenvalue weighted by atomic mass is 16.1. The molecule has 2 nitrogen and oxygen atoms in total. The Bertz CT molecular complexity index is 357. The van der Waals surface area contributed by atoms with E-state index in [4.69, 9.17) is 0 Å². The predicted octanol–water partition coefficient (Wildman–Crippen LogP) is 0.902. The van der Waals surface area contributed by atoms with E-state index in [0.717, 1.165) is 12.8 Å². The maximum atomic E-state index is 11.7. The topological polar surface area (TPSA) is 34.1 Å². The molecule has 0 aromatic heterocycles. The maximum Gasteiger partial charge on any atom is 0.136 e. The molecule has 0 saturated heterocycles. The number of carbonyl (C=O) groups is 2. The van der Waals surface area contributed by atoms with Crippen molar-refractivity contribution in [3.63, 3.8) is 0 Å². The Morgan fingerprint density at radius 1 is 0.714 bits per heavy atom. The molecule has 9 aliphatic rings. The third-order valence-electron chi connectivity index (χ3n) is 6.15. The van der Waals surface area contributed by atoms with Crippen LogP contribution in [0.2, 0.25) is 0 Å². The first kappa shape index (κ1) is 6.76. The highest BCUT2D eigenvalue weighted by Crippen LogP contribution is 2.81. The Labute approximate surface area is 82.0 Å². The first-order valence-electron chi connectivity index (χ1n) is 5.84. The molecule has 8 bridgehead atoms. The number of carbonyl (C=O) groups excluding carboxylic acids is 2. The van der Waals surface area contributed by atoms with Crippen LogP contribution in [0.4, 0.5) is 0 Å². The van der Waals surface area contributed by atoms with Gasteiger partial charge in [0.1, 0.15) is 11.6 Å². The quantitative estimate of drug-likeness (QED) is 0.566. The first-order valence-corrected chi connectivity index (χ1v) is 5.84. The average Bonchev–Trinajstić information content (AvgIpc) is 2.08. The SMILES string of the molecule is O=C1C[C@@H]2[C@H]3CC(=O)[C@H]4[C@@H]5[C@H]([C@@H]1[C@H]35)[C@H]24. The largest absolute Gasteiger partial charge is 0.299 e. The molecule has 8 atom stereocenters. The molecule has 9 rings (SSSR count). The lowest BCUT2D eigenvalue weighted by Crippen LogP contribution is -2.82. The van der Waals surface area contributed by atoms with Gasteiger partial charge in [0.05, 0.1) is 0 Å². The van der Waals surface area contributed by atoms with Gasteiger partial charge in [0.15, 0.2) is 0 Å². The predicted molar refractivity (Wildman–Crippen MR) is 47.2 cm³/mol. The monoisotopic (exact) mass is 188 g/mol. The molecule has 0 spiro atoms. The van der Waals surface area contributed by atoms with Gasteiger partial charge in [0.2, 0.25) is 0 Å². The third-order valence-corrected chi connectivity index (χ3v) is 6.15. The molecule has 0 radical (unpaired) electrons. The van der Waals surface area contributed by atoms with Gasteiger partial charge in [0.25, 0.3) is 0 Å². The van der Waals surface area contributed by atoms with Crippen molar-refractivity contribution in [3.05, 3.63) is 0 Å². The molecule has 9 saturated carbocycles. The summed E-state index contributed by atoms with van der Waals surface area (Å²) in [6.45, 7) is 0. The van der Waals surface area contributed by atoms with Crippen LogP contribution in [0.15, 0.2) is 0 Å². The normalized spacial score (nSPS) is 70.6. The summed E-state index contributed by atoms with van der Waals surface area (Å²) in [6.07, 6.45) is 1.65. The Balaban J connectivity index is 1.74. The van der Waals surface area contributed by atoms with Gasteiger partial charge in [-0.25, -0.2) is 0 Å². The molecule has 0 amide bonds. The number of fused-ring (bicyclic) bond motifs is 2. The van der Waals surface area contributed by atoms with Gasteiger partial charge in [0, 0.05) is 24.7 Å². The number of ketones is 2. The number of hydrogen-bond donors (Lipinski definition) is 0. The lowest BCUT2D eigenvalue weighted by molar-refractivity contribution is -0.317. The van der Waals surface area contributed by atoms with Crippen LogP contribution in [0.1, 0.15) is 12.8 Å². The number of rotatable bonds is 0. The highest BCUT2D eigenvalue weighted by molar-refractivity contribution is 5.93. The van der Waals surface area contributed by atoms with Gasteiger partial charge in [-0.15, -0.1) is 0 Å². The summed E-state index contributed by atoms with van der Waals surface area (Å²) in [6, 6.07) is 0. The van der Waals surface area contributed by atoms with Crippen molar-refractivity contribution in [1.82, 2.24) is 0 Å². The number of Topliss-reactive ketones (excluding diaryl/α,β-unsaturated/α-hetero) is 2. The van der Waals surface area contributed by atoms with Crippen molar-refractivity contribution >= 4 is 11.6 Å². The van der Waals surface area contributed by atoms with E-state index in [1.165, 1.54) is 0 Å². The van der Waals surface area contributed by atoms with E-state index in [0.29, 0.717) is 58.9 Å². The van der Waals surface area contributed by atoms with Crippen LogP contribution in [0.25, 0.3) is 0 Å². The highest BCUT2D eigenvalue weighted by Gasteiger charge is 2.82. The van der Waals surface area contributed by atoms with Crippen molar-refractivity contribution in [2.24, 2.45) is 47.3 Å². The van der Waals surface area contributed by atoms with Crippen molar-refractivity contribution in [2.45, 2.75) is 12.8 Å². The van der Waals surface area contributed by atoms with E-state index in [1.54, 1.807) is 0 Å². The van der Waals surface area contributed by atoms with Crippen LogP contribution in [-0.4, -0.2) is 11.6 Å². The van der Waals surface area contributed by atoms with Gasteiger partial charge >= 0.3 is 0 Å². The van der Waals surface area contributed by atoms with Gasteiger partial charge in [-0.1, -0.05) is 0 Å². The minimum atomic E-state index is 0.421. The molecule has 0 aromatic rings. The Hall–Kier alpha value is -0.660. The molecular formula is C12H12O2. The summed E-state index contributed by atoms with van der Waals surface area (Å²) >= 11 is 0. The molecule has 9 aliphatic carbocycles. The van der Waals surface area contributed by atoms with E-state index in [-0.39, 0.29) is 0 Å². The van der Waals surface area contributed by atoms with Crippen LogP contribution in [-0.2, 0) is 9.59 Å². The molecule has 0 heterocycles. The molecule has 0 N–H and O–H groups in total. The van der Waals surface area contributed by atoms with Crippen LogP contribution in [0.5, 0.6) is 0 Å². The summed E-state index contributed by atoms with van der Waals surface area (Å²) in [4.78, 5) is 23.5. The molecule has 9 fully saturated rings. The molecule has 0 aromatic carbocycles. The van der Waals surface area contributed by atoms with Crippen LogP contribution >= 0.6 is 0 Å².